The van der Waals surface area contributed by atoms with Crippen LogP contribution in [-0.4, -0.2) is 5.91 Å². The monoisotopic (exact) mass is 255 g/mol. The third kappa shape index (κ3) is 4.43. The normalized spacial score (nSPS) is 12.6. The van der Waals surface area contributed by atoms with Gasteiger partial charge in [0.25, 0.3) is 0 Å². The Morgan fingerprint density at radius 2 is 1.89 bits per heavy atom. The zero-order chi connectivity index (χ0) is 13.7. The molecule has 0 saturated carbocycles. The molecule has 0 aliphatic heterocycles. The van der Waals surface area contributed by atoms with Gasteiger partial charge < -0.3 is 5.32 Å². The molecule has 1 rings (SSSR count). The molecule has 0 aliphatic carbocycles. The molecule has 0 aromatic heterocycles. The lowest BCUT2D eigenvalue weighted by molar-refractivity contribution is -0.122. The van der Waals surface area contributed by atoms with E-state index in [9.17, 15) is 13.6 Å². The molecule has 0 aliphatic rings. The number of nitrogens with one attached hydrogen (secondary N) is 1. The van der Waals surface area contributed by atoms with Crippen LogP contribution in [0.4, 0.5) is 8.78 Å². The van der Waals surface area contributed by atoms with E-state index in [2.05, 4.69) is 5.32 Å². The molecule has 1 amide bonds. The highest BCUT2D eigenvalue weighted by atomic mass is 19.2. The maximum Gasteiger partial charge on any atom is 0.220 e. The Bertz CT molecular complexity index is 418. The van der Waals surface area contributed by atoms with E-state index in [4.69, 9.17) is 0 Å². The Kier molecular flexibility index (Phi) is 5.25. The van der Waals surface area contributed by atoms with Crippen molar-refractivity contribution in [2.45, 2.75) is 39.7 Å². The molecule has 0 fully saturated rings. The molecule has 1 aromatic rings. The maximum atomic E-state index is 13.0. The Balaban J connectivity index is 2.56. The summed E-state index contributed by atoms with van der Waals surface area (Å²) >= 11 is 0. The lowest BCUT2D eigenvalue weighted by Gasteiger charge is -2.15. The molecule has 1 aromatic carbocycles. The van der Waals surface area contributed by atoms with Crippen molar-refractivity contribution >= 4 is 5.91 Å². The van der Waals surface area contributed by atoms with Gasteiger partial charge in [-0.25, -0.2) is 8.78 Å². The number of carbonyl (C=O) groups is 1. The highest BCUT2D eigenvalue weighted by molar-refractivity contribution is 5.76. The Hall–Kier alpha value is -1.45. The van der Waals surface area contributed by atoms with Gasteiger partial charge in [0.1, 0.15) is 0 Å². The Labute approximate surface area is 106 Å². The van der Waals surface area contributed by atoms with E-state index in [-0.39, 0.29) is 11.9 Å². The van der Waals surface area contributed by atoms with Gasteiger partial charge in [-0.05, 0) is 37.0 Å². The van der Waals surface area contributed by atoms with Crippen LogP contribution < -0.4 is 5.32 Å². The SMILES string of the molecule is CC(C)CCC(=O)NC(C)c1ccc(F)c(F)c1. The summed E-state index contributed by atoms with van der Waals surface area (Å²) in [5.41, 5.74) is 0.562. The van der Waals surface area contributed by atoms with E-state index < -0.39 is 11.6 Å². The number of rotatable bonds is 5. The van der Waals surface area contributed by atoms with Gasteiger partial charge >= 0.3 is 0 Å². The molecule has 1 N–H and O–H groups in total. The molecule has 0 saturated heterocycles. The Morgan fingerprint density at radius 3 is 2.44 bits per heavy atom. The van der Waals surface area contributed by atoms with Gasteiger partial charge in [0, 0.05) is 6.42 Å². The highest BCUT2D eigenvalue weighted by Crippen LogP contribution is 2.16. The van der Waals surface area contributed by atoms with Gasteiger partial charge in [0.05, 0.1) is 6.04 Å². The van der Waals surface area contributed by atoms with Gasteiger partial charge in [0.2, 0.25) is 5.91 Å². The van der Waals surface area contributed by atoms with E-state index in [1.165, 1.54) is 6.07 Å². The number of amides is 1. The van der Waals surface area contributed by atoms with Gasteiger partial charge in [-0.2, -0.15) is 0 Å². The van der Waals surface area contributed by atoms with E-state index in [0.717, 1.165) is 18.6 Å². The first-order valence-electron chi connectivity index (χ1n) is 6.14. The topological polar surface area (TPSA) is 29.1 Å². The minimum atomic E-state index is -0.893. The molecule has 4 heteroatoms. The molecular weight excluding hydrogens is 236 g/mol. The van der Waals surface area contributed by atoms with Crippen molar-refractivity contribution in [2.75, 3.05) is 0 Å². The van der Waals surface area contributed by atoms with Crippen molar-refractivity contribution in [3.8, 4) is 0 Å². The molecule has 0 radical (unpaired) electrons. The summed E-state index contributed by atoms with van der Waals surface area (Å²) in [6.45, 7) is 5.85. The molecular formula is C14H19F2NO. The van der Waals surface area contributed by atoms with Crippen molar-refractivity contribution in [3.05, 3.63) is 35.4 Å². The number of hydrogen-bond donors (Lipinski definition) is 1. The fourth-order valence-electron chi connectivity index (χ4n) is 1.60. The molecule has 1 atom stereocenters. The third-order valence-electron chi connectivity index (χ3n) is 2.77. The second-order valence-electron chi connectivity index (χ2n) is 4.90. The molecule has 0 spiro atoms. The molecule has 2 nitrogen and oxygen atoms in total. The first kappa shape index (κ1) is 14.6. The van der Waals surface area contributed by atoms with E-state index in [0.29, 0.717) is 17.9 Å². The van der Waals surface area contributed by atoms with Crippen LogP contribution in [0.5, 0.6) is 0 Å². The van der Waals surface area contributed by atoms with Crippen molar-refractivity contribution < 1.29 is 13.6 Å². The zero-order valence-electron chi connectivity index (χ0n) is 11.0. The highest BCUT2D eigenvalue weighted by Gasteiger charge is 2.12. The number of benzene rings is 1. The minimum absolute atomic E-state index is 0.0686. The standard InChI is InChI=1S/C14H19F2NO/c1-9(2)4-7-14(18)17-10(3)11-5-6-12(15)13(16)8-11/h5-6,8-10H,4,7H2,1-3H3,(H,17,18). The van der Waals surface area contributed by atoms with E-state index in [1.54, 1.807) is 6.92 Å². The first-order valence-corrected chi connectivity index (χ1v) is 6.14. The third-order valence-corrected chi connectivity index (χ3v) is 2.77. The fraction of sp³-hybridized carbons (Fsp3) is 0.500. The summed E-state index contributed by atoms with van der Waals surface area (Å²) in [5.74, 6) is -1.37. The van der Waals surface area contributed by atoms with Crippen LogP contribution in [0.15, 0.2) is 18.2 Å². The second-order valence-corrected chi connectivity index (χ2v) is 4.90. The van der Waals surface area contributed by atoms with Crippen molar-refractivity contribution in [1.29, 1.82) is 0 Å². The molecule has 0 bridgehead atoms. The average Bonchev–Trinajstić information content (AvgIpc) is 2.30. The fourth-order valence-corrected chi connectivity index (χ4v) is 1.60. The molecule has 100 valence electrons. The van der Waals surface area contributed by atoms with Crippen LogP contribution in [0.25, 0.3) is 0 Å². The smallest absolute Gasteiger partial charge is 0.220 e. The second kappa shape index (κ2) is 6.47. The lowest BCUT2D eigenvalue weighted by atomic mass is 10.1. The van der Waals surface area contributed by atoms with Crippen LogP contribution >= 0.6 is 0 Å². The summed E-state index contributed by atoms with van der Waals surface area (Å²) in [5, 5.41) is 2.77. The van der Waals surface area contributed by atoms with Gasteiger partial charge in [-0.3, -0.25) is 4.79 Å². The summed E-state index contributed by atoms with van der Waals surface area (Å²) in [6.07, 6.45) is 1.27. The first-order chi connectivity index (χ1) is 8.40. The van der Waals surface area contributed by atoms with Crippen LogP contribution in [0.1, 0.15) is 45.2 Å². The van der Waals surface area contributed by atoms with Crippen molar-refractivity contribution in [2.24, 2.45) is 5.92 Å². The number of carbonyl (C=O) groups excluding carboxylic acids is 1. The predicted molar refractivity (Wildman–Crippen MR) is 67.0 cm³/mol. The number of halogens is 2. The Morgan fingerprint density at radius 1 is 1.22 bits per heavy atom. The van der Waals surface area contributed by atoms with Crippen LogP contribution in [0.3, 0.4) is 0 Å². The quantitative estimate of drug-likeness (QED) is 0.856. The van der Waals surface area contributed by atoms with Crippen molar-refractivity contribution in [3.63, 3.8) is 0 Å². The molecule has 0 heterocycles. The molecule has 18 heavy (non-hydrogen) atoms. The van der Waals surface area contributed by atoms with Crippen LogP contribution in [0, 0.1) is 17.6 Å². The summed E-state index contributed by atoms with van der Waals surface area (Å²) in [7, 11) is 0. The van der Waals surface area contributed by atoms with E-state index in [1.807, 2.05) is 13.8 Å². The predicted octanol–water partition coefficient (Wildman–Crippen LogP) is 3.58. The summed E-state index contributed by atoms with van der Waals surface area (Å²) < 4.78 is 25.8. The lowest BCUT2D eigenvalue weighted by Crippen LogP contribution is -2.26. The largest absolute Gasteiger partial charge is 0.350 e. The van der Waals surface area contributed by atoms with Crippen molar-refractivity contribution in [1.82, 2.24) is 5.32 Å². The maximum absolute atomic E-state index is 13.0. The summed E-state index contributed by atoms with van der Waals surface area (Å²) in [4.78, 5) is 11.6. The average molecular weight is 255 g/mol. The molecule has 1 unspecified atom stereocenters. The number of hydrogen-bond acceptors (Lipinski definition) is 1. The minimum Gasteiger partial charge on any atom is -0.350 e. The van der Waals surface area contributed by atoms with Gasteiger partial charge in [0.15, 0.2) is 11.6 Å². The summed E-state index contributed by atoms with van der Waals surface area (Å²) in [6, 6.07) is 3.34. The van der Waals surface area contributed by atoms with Gasteiger partial charge in [-0.15, -0.1) is 0 Å². The van der Waals surface area contributed by atoms with Gasteiger partial charge in [-0.1, -0.05) is 19.9 Å². The van der Waals surface area contributed by atoms with Crippen LogP contribution in [0.2, 0.25) is 0 Å². The van der Waals surface area contributed by atoms with Crippen LogP contribution in [-0.2, 0) is 4.79 Å². The zero-order valence-corrected chi connectivity index (χ0v) is 11.0. The van der Waals surface area contributed by atoms with E-state index >= 15 is 0 Å².